The van der Waals surface area contributed by atoms with Crippen molar-refractivity contribution in [2.45, 2.75) is 32.2 Å². The van der Waals surface area contributed by atoms with E-state index >= 15 is 0 Å². The zero-order valence-electron chi connectivity index (χ0n) is 15.5. The highest BCUT2D eigenvalue weighted by molar-refractivity contribution is 7.64. The first-order valence-electron chi connectivity index (χ1n) is 9.14. The van der Waals surface area contributed by atoms with Gasteiger partial charge in [-0.05, 0) is 74.7 Å². The molecular weight excluding hydrogens is 401 g/mol. The number of carbonyl (C=O) groups excluding carboxylic acids is 1. The van der Waals surface area contributed by atoms with Crippen molar-refractivity contribution in [3.63, 3.8) is 0 Å². The molecule has 0 amide bonds. The van der Waals surface area contributed by atoms with Gasteiger partial charge in [0, 0.05) is 17.6 Å². The molecule has 1 saturated heterocycles. The van der Waals surface area contributed by atoms with E-state index in [0.717, 1.165) is 19.3 Å². The Bertz CT molecular complexity index is 856. The highest BCUT2D eigenvalue weighted by Crippen LogP contribution is 2.52. The van der Waals surface area contributed by atoms with E-state index in [0.29, 0.717) is 28.4 Å². The van der Waals surface area contributed by atoms with Crippen LogP contribution in [-0.4, -0.2) is 29.8 Å². The zero-order chi connectivity index (χ0) is 20.1. The number of hydrogen-bond donors (Lipinski definition) is 0. The summed E-state index contributed by atoms with van der Waals surface area (Å²) in [5.41, 5.74) is 0. The molecule has 2 atom stereocenters. The number of carboxylic acids is 1. The average molecular weight is 423 g/mol. The molecular formula is C20H22ClNO5P-. The third kappa shape index (κ3) is 4.95. The molecule has 0 spiro atoms. The number of hydrogen-bond acceptors (Lipinski definition) is 5. The van der Waals surface area contributed by atoms with Crippen molar-refractivity contribution in [1.82, 2.24) is 4.67 Å². The second kappa shape index (κ2) is 9.10. The number of ether oxygens (including phenoxy) is 1. The average Bonchev–Trinajstić information content (AvgIpc) is 2.67. The summed E-state index contributed by atoms with van der Waals surface area (Å²) in [7, 11) is -3.53. The molecule has 0 radical (unpaired) electrons. The summed E-state index contributed by atoms with van der Waals surface area (Å²) < 4.78 is 26.7. The summed E-state index contributed by atoms with van der Waals surface area (Å²) in [4.78, 5) is 11.3. The van der Waals surface area contributed by atoms with Gasteiger partial charge in [-0.2, -0.15) is 0 Å². The number of halogens is 1. The normalized spacial score (nSPS) is 23.6. The Kier molecular flexibility index (Phi) is 6.78. The molecule has 0 aromatic heterocycles. The molecule has 1 aliphatic heterocycles. The van der Waals surface area contributed by atoms with Gasteiger partial charge in [0.1, 0.15) is 11.5 Å². The molecule has 3 rings (SSSR count). The fourth-order valence-corrected chi connectivity index (χ4v) is 5.72. The Labute approximate surface area is 169 Å². The lowest BCUT2D eigenvalue weighted by atomic mass is 10.1. The van der Waals surface area contributed by atoms with Crippen LogP contribution in [-0.2, 0) is 13.9 Å². The van der Waals surface area contributed by atoms with Gasteiger partial charge in [0.05, 0.1) is 17.9 Å². The Morgan fingerprint density at radius 2 is 1.79 bits per heavy atom. The summed E-state index contributed by atoms with van der Waals surface area (Å²) >= 11 is 5.87. The number of aliphatic carboxylic acids is 1. The zero-order valence-corrected chi connectivity index (χ0v) is 17.2. The van der Waals surface area contributed by atoms with Gasteiger partial charge in [0.2, 0.25) is 0 Å². The molecule has 28 heavy (non-hydrogen) atoms. The quantitative estimate of drug-likeness (QED) is 0.685. The van der Waals surface area contributed by atoms with Crippen LogP contribution < -0.4 is 15.1 Å². The van der Waals surface area contributed by atoms with E-state index in [-0.39, 0.29) is 6.04 Å². The van der Waals surface area contributed by atoms with Crippen LogP contribution in [0.4, 0.5) is 0 Å². The SMILES string of the molecule is CC1CCCCOP(=O)(c2ccc(Oc3ccc(Cl)cc3)cc2)N1CC(=O)[O-]. The van der Waals surface area contributed by atoms with Gasteiger partial charge in [-0.3, -0.25) is 4.57 Å². The molecule has 2 aromatic rings. The van der Waals surface area contributed by atoms with Crippen molar-refractivity contribution in [1.29, 1.82) is 0 Å². The van der Waals surface area contributed by atoms with Gasteiger partial charge in [-0.15, -0.1) is 0 Å². The van der Waals surface area contributed by atoms with Gasteiger partial charge in [-0.25, -0.2) is 4.67 Å². The van der Waals surface area contributed by atoms with Crippen LogP contribution in [0.1, 0.15) is 26.2 Å². The number of carbonyl (C=O) groups is 1. The summed E-state index contributed by atoms with van der Waals surface area (Å²) in [6.07, 6.45) is 2.42. The first kappa shape index (κ1) is 20.9. The predicted molar refractivity (Wildman–Crippen MR) is 106 cm³/mol. The lowest BCUT2D eigenvalue weighted by Crippen LogP contribution is -2.43. The largest absolute Gasteiger partial charge is 0.549 e. The molecule has 0 bridgehead atoms. The minimum Gasteiger partial charge on any atom is -0.549 e. The van der Waals surface area contributed by atoms with Gasteiger partial charge in [0.25, 0.3) is 0 Å². The smallest absolute Gasteiger partial charge is 0.302 e. The highest BCUT2D eigenvalue weighted by atomic mass is 35.5. The maximum atomic E-state index is 13.7. The van der Waals surface area contributed by atoms with E-state index in [4.69, 9.17) is 20.9 Å². The van der Waals surface area contributed by atoms with E-state index in [1.807, 2.05) is 6.92 Å². The minimum atomic E-state index is -3.53. The van der Waals surface area contributed by atoms with Crippen molar-refractivity contribution in [3.05, 3.63) is 53.6 Å². The summed E-state index contributed by atoms with van der Waals surface area (Å²) in [5, 5.41) is 12.3. The molecule has 1 fully saturated rings. The minimum absolute atomic E-state index is 0.200. The first-order valence-corrected chi connectivity index (χ1v) is 11.1. The van der Waals surface area contributed by atoms with Crippen molar-refractivity contribution < 1.29 is 23.7 Å². The lowest BCUT2D eigenvalue weighted by Gasteiger charge is -2.37. The molecule has 6 nitrogen and oxygen atoms in total. The Morgan fingerprint density at radius 1 is 1.18 bits per heavy atom. The van der Waals surface area contributed by atoms with Crippen LogP contribution in [0.2, 0.25) is 5.02 Å². The summed E-state index contributed by atoms with van der Waals surface area (Å²) in [5.74, 6) is -0.0960. The second-order valence-corrected chi connectivity index (χ2v) is 9.48. The van der Waals surface area contributed by atoms with Crippen LogP contribution in [0, 0.1) is 0 Å². The van der Waals surface area contributed by atoms with Crippen molar-refractivity contribution in [3.8, 4) is 11.5 Å². The highest BCUT2D eigenvalue weighted by Gasteiger charge is 2.38. The monoisotopic (exact) mass is 422 g/mol. The van der Waals surface area contributed by atoms with Crippen LogP contribution in [0.15, 0.2) is 48.5 Å². The Balaban J connectivity index is 1.86. The third-order valence-electron chi connectivity index (χ3n) is 4.63. The van der Waals surface area contributed by atoms with E-state index in [2.05, 4.69) is 0 Å². The molecule has 2 unspecified atom stereocenters. The van der Waals surface area contributed by atoms with Crippen molar-refractivity contribution >= 4 is 30.4 Å². The van der Waals surface area contributed by atoms with Crippen LogP contribution in [0.5, 0.6) is 11.5 Å². The Hall–Kier alpha value is -1.85. The van der Waals surface area contributed by atoms with Crippen LogP contribution in [0.3, 0.4) is 0 Å². The molecule has 1 heterocycles. The van der Waals surface area contributed by atoms with Gasteiger partial charge >= 0.3 is 7.52 Å². The molecule has 0 N–H and O–H groups in total. The Morgan fingerprint density at radius 3 is 2.39 bits per heavy atom. The fraction of sp³-hybridized carbons (Fsp3) is 0.350. The standard InChI is InChI=1S/C20H23ClNO5P/c1-15-4-2-3-13-26-28(25,22(15)14-20(23)24)19-11-9-18(10-12-19)27-17-7-5-16(21)6-8-17/h5-12,15H,2-4,13-14H2,1H3,(H,23,24)/p-1. The number of carboxylic acid groups (broad SMARTS) is 1. The van der Waals surface area contributed by atoms with Crippen molar-refractivity contribution in [2.75, 3.05) is 13.2 Å². The topological polar surface area (TPSA) is 78.9 Å². The number of nitrogens with zero attached hydrogens (tertiary/aromatic N) is 1. The summed E-state index contributed by atoms with van der Waals surface area (Å²) in [6.45, 7) is 1.74. The maximum Gasteiger partial charge on any atom is 0.302 e. The van der Waals surface area contributed by atoms with Gasteiger partial charge < -0.3 is 19.2 Å². The van der Waals surface area contributed by atoms with Crippen LogP contribution in [0.25, 0.3) is 0 Å². The van der Waals surface area contributed by atoms with Crippen LogP contribution >= 0.6 is 19.1 Å². The summed E-state index contributed by atoms with van der Waals surface area (Å²) in [6, 6.07) is 13.4. The molecule has 8 heteroatoms. The molecule has 0 saturated carbocycles. The predicted octanol–water partition coefficient (Wildman–Crippen LogP) is 3.59. The third-order valence-corrected chi connectivity index (χ3v) is 7.58. The first-order chi connectivity index (χ1) is 13.4. The maximum absolute atomic E-state index is 13.7. The molecule has 2 aromatic carbocycles. The molecule has 1 aliphatic rings. The number of benzene rings is 2. The second-order valence-electron chi connectivity index (χ2n) is 6.72. The van der Waals surface area contributed by atoms with Crippen molar-refractivity contribution in [2.24, 2.45) is 0 Å². The lowest BCUT2D eigenvalue weighted by molar-refractivity contribution is -0.305. The van der Waals surface area contributed by atoms with Gasteiger partial charge in [0.15, 0.2) is 0 Å². The molecule has 150 valence electrons. The van der Waals surface area contributed by atoms with E-state index in [1.54, 1.807) is 48.5 Å². The van der Waals surface area contributed by atoms with E-state index in [9.17, 15) is 14.5 Å². The van der Waals surface area contributed by atoms with E-state index < -0.39 is 20.0 Å². The molecule has 0 aliphatic carbocycles. The number of rotatable bonds is 5. The van der Waals surface area contributed by atoms with E-state index in [1.165, 1.54) is 4.67 Å². The fourth-order valence-electron chi connectivity index (χ4n) is 3.16. The van der Waals surface area contributed by atoms with Gasteiger partial charge in [-0.1, -0.05) is 11.6 Å².